The predicted octanol–water partition coefficient (Wildman–Crippen LogP) is 2.73. The van der Waals surface area contributed by atoms with E-state index >= 15 is 0 Å². The Morgan fingerprint density at radius 1 is 1.13 bits per heavy atom. The highest BCUT2D eigenvalue weighted by atomic mass is 16.5. The van der Waals surface area contributed by atoms with E-state index in [1.807, 2.05) is 13.8 Å². The molecule has 0 fully saturated rings. The van der Waals surface area contributed by atoms with Crippen LogP contribution in [-0.4, -0.2) is 18.4 Å². The Morgan fingerprint density at radius 3 is 2.27 bits per heavy atom. The van der Waals surface area contributed by atoms with E-state index in [0.29, 0.717) is 19.4 Å². The topological polar surface area (TPSA) is 43.4 Å². The van der Waals surface area contributed by atoms with Crippen LogP contribution in [0.4, 0.5) is 0 Å². The first-order valence-electron chi connectivity index (χ1n) is 5.86. The van der Waals surface area contributed by atoms with Gasteiger partial charge in [-0.1, -0.05) is 26.7 Å². The molecule has 3 heteroatoms. The summed E-state index contributed by atoms with van der Waals surface area (Å²) in [7, 11) is 0. The SMILES string of the molecule is CCCCC(=O)[C@@H](CCC)C(=O)OCC. The van der Waals surface area contributed by atoms with Crippen LogP contribution < -0.4 is 0 Å². The summed E-state index contributed by atoms with van der Waals surface area (Å²) in [6.07, 6.45) is 3.79. The molecule has 0 aromatic rings. The molecule has 0 aliphatic rings. The van der Waals surface area contributed by atoms with E-state index < -0.39 is 5.92 Å². The van der Waals surface area contributed by atoms with Crippen molar-refractivity contribution in [3.8, 4) is 0 Å². The van der Waals surface area contributed by atoms with Gasteiger partial charge in [0.15, 0.2) is 0 Å². The summed E-state index contributed by atoms with van der Waals surface area (Å²) in [5.41, 5.74) is 0. The summed E-state index contributed by atoms with van der Waals surface area (Å²) in [6, 6.07) is 0. The lowest BCUT2D eigenvalue weighted by atomic mass is 9.95. The van der Waals surface area contributed by atoms with Crippen molar-refractivity contribution in [2.75, 3.05) is 6.61 Å². The molecule has 3 nitrogen and oxygen atoms in total. The second-order valence-corrected chi connectivity index (χ2v) is 3.66. The Bertz CT molecular complexity index is 199. The minimum Gasteiger partial charge on any atom is -0.465 e. The average Bonchev–Trinajstić information content (AvgIpc) is 2.22. The van der Waals surface area contributed by atoms with Crippen LogP contribution in [0.15, 0.2) is 0 Å². The van der Waals surface area contributed by atoms with Crippen molar-refractivity contribution in [1.29, 1.82) is 0 Å². The molecule has 0 aromatic carbocycles. The van der Waals surface area contributed by atoms with E-state index in [0.717, 1.165) is 19.3 Å². The molecule has 0 aliphatic carbocycles. The lowest BCUT2D eigenvalue weighted by molar-refractivity contribution is -0.151. The minimum atomic E-state index is -0.526. The molecule has 0 unspecified atom stereocenters. The Balaban J connectivity index is 4.23. The molecule has 88 valence electrons. The number of carbonyl (C=O) groups is 2. The predicted molar refractivity (Wildman–Crippen MR) is 59.6 cm³/mol. The monoisotopic (exact) mass is 214 g/mol. The van der Waals surface area contributed by atoms with E-state index in [2.05, 4.69) is 0 Å². The first-order valence-corrected chi connectivity index (χ1v) is 5.86. The van der Waals surface area contributed by atoms with Crippen LogP contribution in [0.2, 0.25) is 0 Å². The quantitative estimate of drug-likeness (QED) is 0.461. The lowest BCUT2D eigenvalue weighted by Gasteiger charge is -2.13. The van der Waals surface area contributed by atoms with Gasteiger partial charge in [-0.15, -0.1) is 0 Å². The molecule has 0 bridgehead atoms. The number of ether oxygens (including phenoxy) is 1. The molecule has 0 saturated carbocycles. The third kappa shape index (κ3) is 5.55. The molecule has 0 aromatic heterocycles. The molecule has 1 atom stereocenters. The molecule has 0 N–H and O–H groups in total. The van der Waals surface area contributed by atoms with Gasteiger partial charge in [0.25, 0.3) is 0 Å². The highest BCUT2D eigenvalue weighted by Crippen LogP contribution is 2.14. The molecule has 0 rings (SSSR count). The van der Waals surface area contributed by atoms with Gasteiger partial charge in [0.1, 0.15) is 11.7 Å². The third-order valence-corrected chi connectivity index (χ3v) is 2.31. The van der Waals surface area contributed by atoms with Crippen LogP contribution in [0.5, 0.6) is 0 Å². The van der Waals surface area contributed by atoms with E-state index in [1.54, 1.807) is 6.92 Å². The second-order valence-electron chi connectivity index (χ2n) is 3.66. The van der Waals surface area contributed by atoms with Crippen LogP contribution in [0.1, 0.15) is 52.9 Å². The number of esters is 1. The van der Waals surface area contributed by atoms with Crippen molar-refractivity contribution in [3.05, 3.63) is 0 Å². The van der Waals surface area contributed by atoms with Gasteiger partial charge in [-0.2, -0.15) is 0 Å². The van der Waals surface area contributed by atoms with Crippen LogP contribution in [-0.2, 0) is 14.3 Å². The Morgan fingerprint density at radius 2 is 1.80 bits per heavy atom. The molecule has 0 aliphatic heterocycles. The number of hydrogen-bond acceptors (Lipinski definition) is 3. The number of unbranched alkanes of at least 4 members (excludes halogenated alkanes) is 1. The van der Waals surface area contributed by atoms with Crippen LogP contribution in [0.3, 0.4) is 0 Å². The van der Waals surface area contributed by atoms with Crippen molar-refractivity contribution >= 4 is 11.8 Å². The summed E-state index contributed by atoms with van der Waals surface area (Å²) in [6.45, 7) is 6.11. The van der Waals surface area contributed by atoms with Crippen molar-refractivity contribution in [2.45, 2.75) is 52.9 Å². The van der Waals surface area contributed by atoms with Crippen molar-refractivity contribution in [3.63, 3.8) is 0 Å². The van der Waals surface area contributed by atoms with Gasteiger partial charge in [0.05, 0.1) is 6.61 Å². The molecule has 0 radical (unpaired) electrons. The van der Waals surface area contributed by atoms with Crippen molar-refractivity contribution < 1.29 is 14.3 Å². The van der Waals surface area contributed by atoms with E-state index in [-0.39, 0.29) is 11.8 Å². The number of Topliss-reactive ketones (excluding diaryl/α,β-unsaturated/α-hetero) is 1. The summed E-state index contributed by atoms with van der Waals surface area (Å²) in [4.78, 5) is 23.2. The Hall–Kier alpha value is -0.860. The summed E-state index contributed by atoms with van der Waals surface area (Å²) in [5, 5.41) is 0. The summed E-state index contributed by atoms with van der Waals surface area (Å²) in [5.74, 6) is -0.834. The normalized spacial score (nSPS) is 12.2. The van der Waals surface area contributed by atoms with Crippen LogP contribution in [0.25, 0.3) is 0 Å². The Kier molecular flexibility index (Phi) is 7.96. The molecule has 0 amide bonds. The minimum absolute atomic E-state index is 0.0390. The second kappa shape index (κ2) is 8.45. The number of hydrogen-bond donors (Lipinski definition) is 0. The standard InChI is InChI=1S/C12H22O3/c1-4-7-9-11(13)10(8-5-2)12(14)15-6-3/h10H,4-9H2,1-3H3/t10-/m1/s1. The van der Waals surface area contributed by atoms with Crippen molar-refractivity contribution in [1.82, 2.24) is 0 Å². The molecule has 0 heterocycles. The zero-order chi connectivity index (χ0) is 11.7. The lowest BCUT2D eigenvalue weighted by Crippen LogP contribution is -2.26. The van der Waals surface area contributed by atoms with E-state index in [4.69, 9.17) is 4.74 Å². The maximum atomic E-state index is 11.7. The third-order valence-electron chi connectivity index (χ3n) is 2.31. The first-order chi connectivity index (χ1) is 7.17. The maximum Gasteiger partial charge on any atom is 0.316 e. The van der Waals surface area contributed by atoms with Gasteiger partial charge in [0.2, 0.25) is 0 Å². The van der Waals surface area contributed by atoms with Crippen LogP contribution in [0, 0.1) is 5.92 Å². The van der Waals surface area contributed by atoms with Gasteiger partial charge >= 0.3 is 5.97 Å². The molecular weight excluding hydrogens is 192 g/mol. The van der Waals surface area contributed by atoms with Gasteiger partial charge < -0.3 is 4.74 Å². The zero-order valence-corrected chi connectivity index (χ0v) is 10.0. The number of ketones is 1. The van der Waals surface area contributed by atoms with Gasteiger partial charge in [0, 0.05) is 6.42 Å². The van der Waals surface area contributed by atoms with E-state index in [9.17, 15) is 9.59 Å². The van der Waals surface area contributed by atoms with Gasteiger partial charge in [-0.05, 0) is 19.8 Å². The smallest absolute Gasteiger partial charge is 0.316 e. The highest BCUT2D eigenvalue weighted by Gasteiger charge is 2.25. The first kappa shape index (κ1) is 14.1. The van der Waals surface area contributed by atoms with Crippen LogP contribution >= 0.6 is 0 Å². The largest absolute Gasteiger partial charge is 0.465 e. The fourth-order valence-corrected chi connectivity index (χ4v) is 1.47. The van der Waals surface area contributed by atoms with E-state index in [1.165, 1.54) is 0 Å². The fourth-order valence-electron chi connectivity index (χ4n) is 1.47. The molecular formula is C12H22O3. The summed E-state index contributed by atoms with van der Waals surface area (Å²) < 4.78 is 4.90. The maximum absolute atomic E-state index is 11.7. The molecule has 15 heavy (non-hydrogen) atoms. The summed E-state index contributed by atoms with van der Waals surface area (Å²) >= 11 is 0. The molecule has 0 spiro atoms. The van der Waals surface area contributed by atoms with Crippen molar-refractivity contribution in [2.24, 2.45) is 5.92 Å². The Labute approximate surface area is 92.2 Å². The molecule has 0 saturated heterocycles. The number of carbonyl (C=O) groups excluding carboxylic acids is 2. The fraction of sp³-hybridized carbons (Fsp3) is 0.833. The zero-order valence-electron chi connectivity index (χ0n) is 10.0. The highest BCUT2D eigenvalue weighted by molar-refractivity contribution is 5.98. The van der Waals surface area contributed by atoms with Gasteiger partial charge in [-0.25, -0.2) is 0 Å². The average molecular weight is 214 g/mol. The van der Waals surface area contributed by atoms with Gasteiger partial charge in [-0.3, -0.25) is 9.59 Å². The number of rotatable bonds is 8.